The van der Waals surface area contributed by atoms with Gasteiger partial charge in [-0.3, -0.25) is 9.59 Å². The largest absolute Gasteiger partial charge is 0.480 e. The average molecular weight is 440 g/mol. The van der Waals surface area contributed by atoms with Crippen LogP contribution in [0.5, 0.6) is 0 Å². The molecule has 8 heteroatoms. The van der Waals surface area contributed by atoms with Crippen LogP contribution >= 0.6 is 0 Å². The minimum atomic E-state index is -1.13. The second-order valence-electron chi connectivity index (χ2n) is 7.93. The minimum Gasteiger partial charge on any atom is -0.480 e. The summed E-state index contributed by atoms with van der Waals surface area (Å²) >= 11 is 0. The third-order valence-electron chi connectivity index (χ3n) is 5.48. The summed E-state index contributed by atoms with van der Waals surface area (Å²) in [5, 5.41) is 11.6. The Labute approximate surface area is 187 Å². The summed E-state index contributed by atoms with van der Waals surface area (Å²) in [5.74, 6) is -1.79. The van der Waals surface area contributed by atoms with E-state index >= 15 is 0 Å². The number of hydrogen-bond donors (Lipinski definition) is 2. The van der Waals surface area contributed by atoms with Crippen molar-refractivity contribution in [2.24, 2.45) is 0 Å². The van der Waals surface area contributed by atoms with Crippen LogP contribution in [0.3, 0.4) is 0 Å². The SMILES string of the molecule is COCC(NC(=O)OCC1c2ccccc2-c2ccccc21)C(=O)N(CC(=O)O)C(C)C. The van der Waals surface area contributed by atoms with Crippen molar-refractivity contribution in [1.29, 1.82) is 0 Å². The Bertz CT molecular complexity index is 944. The molecule has 0 bridgehead atoms. The standard InChI is InChI=1S/C24H28N2O6/c1-15(2)26(12-22(27)28)23(29)21(14-31-3)25-24(30)32-13-20-18-10-6-4-8-16(18)17-9-5-7-11-19(17)20/h4-11,15,20-21H,12-14H2,1-3H3,(H,25,30)(H,27,28). The number of fused-ring (bicyclic) bond motifs is 3. The van der Waals surface area contributed by atoms with E-state index in [4.69, 9.17) is 14.6 Å². The molecule has 32 heavy (non-hydrogen) atoms. The molecule has 0 spiro atoms. The van der Waals surface area contributed by atoms with Crippen molar-refractivity contribution in [3.63, 3.8) is 0 Å². The number of benzene rings is 2. The minimum absolute atomic E-state index is 0.105. The topological polar surface area (TPSA) is 105 Å². The molecule has 1 atom stereocenters. The van der Waals surface area contributed by atoms with Crippen LogP contribution < -0.4 is 5.32 Å². The second kappa shape index (κ2) is 10.3. The quantitative estimate of drug-likeness (QED) is 0.621. The lowest BCUT2D eigenvalue weighted by molar-refractivity contribution is -0.147. The van der Waals surface area contributed by atoms with E-state index in [0.717, 1.165) is 22.3 Å². The van der Waals surface area contributed by atoms with E-state index in [1.165, 1.54) is 12.0 Å². The first kappa shape index (κ1) is 23.3. The smallest absolute Gasteiger partial charge is 0.407 e. The zero-order valence-electron chi connectivity index (χ0n) is 18.4. The molecule has 3 rings (SSSR count). The number of methoxy groups -OCH3 is 1. The summed E-state index contributed by atoms with van der Waals surface area (Å²) in [5.41, 5.74) is 4.40. The third kappa shape index (κ3) is 5.08. The molecule has 1 aliphatic rings. The molecule has 2 amide bonds. The summed E-state index contributed by atoms with van der Waals surface area (Å²) in [6.45, 7) is 2.95. The molecule has 1 aliphatic carbocycles. The summed E-state index contributed by atoms with van der Waals surface area (Å²) in [7, 11) is 1.40. The molecule has 8 nitrogen and oxygen atoms in total. The highest BCUT2D eigenvalue weighted by Gasteiger charge is 2.31. The van der Waals surface area contributed by atoms with Gasteiger partial charge in [-0.15, -0.1) is 0 Å². The van der Waals surface area contributed by atoms with Gasteiger partial charge in [-0.25, -0.2) is 4.79 Å². The van der Waals surface area contributed by atoms with E-state index < -0.39 is 30.6 Å². The first-order chi connectivity index (χ1) is 15.3. The lowest BCUT2D eigenvalue weighted by atomic mass is 9.98. The summed E-state index contributed by atoms with van der Waals surface area (Å²) in [4.78, 5) is 37.7. The van der Waals surface area contributed by atoms with E-state index in [1.54, 1.807) is 13.8 Å². The Morgan fingerprint density at radius 3 is 2.09 bits per heavy atom. The number of amides is 2. The first-order valence-electron chi connectivity index (χ1n) is 10.5. The fourth-order valence-electron chi connectivity index (χ4n) is 3.98. The second-order valence-corrected chi connectivity index (χ2v) is 7.93. The Morgan fingerprint density at radius 2 is 1.59 bits per heavy atom. The van der Waals surface area contributed by atoms with Gasteiger partial charge in [-0.1, -0.05) is 48.5 Å². The van der Waals surface area contributed by atoms with E-state index in [0.29, 0.717) is 0 Å². The number of ether oxygens (including phenoxy) is 2. The van der Waals surface area contributed by atoms with Gasteiger partial charge < -0.3 is 24.8 Å². The van der Waals surface area contributed by atoms with Gasteiger partial charge >= 0.3 is 12.1 Å². The van der Waals surface area contributed by atoms with Gasteiger partial charge in [0.05, 0.1) is 6.61 Å². The number of carbonyl (C=O) groups excluding carboxylic acids is 2. The van der Waals surface area contributed by atoms with E-state index in [1.807, 2.05) is 48.5 Å². The van der Waals surface area contributed by atoms with Crippen LogP contribution in [0.15, 0.2) is 48.5 Å². The summed E-state index contributed by atoms with van der Waals surface area (Å²) in [6, 6.07) is 14.6. The Morgan fingerprint density at radius 1 is 1.03 bits per heavy atom. The number of carboxylic acids is 1. The molecule has 170 valence electrons. The number of carboxylic acid groups (broad SMARTS) is 1. The lowest BCUT2D eigenvalue weighted by Crippen LogP contribution is -2.54. The Hall–Kier alpha value is -3.39. The zero-order valence-corrected chi connectivity index (χ0v) is 18.4. The maximum Gasteiger partial charge on any atom is 0.407 e. The predicted octanol–water partition coefficient (Wildman–Crippen LogP) is 2.86. The summed E-state index contributed by atoms with van der Waals surface area (Å²) < 4.78 is 10.6. The average Bonchev–Trinajstić information content (AvgIpc) is 3.09. The van der Waals surface area contributed by atoms with Gasteiger partial charge in [0.1, 0.15) is 19.2 Å². The lowest BCUT2D eigenvalue weighted by Gasteiger charge is -2.29. The molecule has 0 aromatic heterocycles. The number of alkyl carbamates (subject to hydrolysis) is 1. The van der Waals surface area contributed by atoms with Crippen molar-refractivity contribution in [2.75, 3.05) is 26.9 Å². The van der Waals surface area contributed by atoms with Crippen LogP contribution in [0.1, 0.15) is 30.9 Å². The van der Waals surface area contributed by atoms with Crippen molar-refractivity contribution in [3.05, 3.63) is 59.7 Å². The van der Waals surface area contributed by atoms with Crippen LogP contribution in [0, 0.1) is 0 Å². The number of nitrogens with zero attached hydrogens (tertiary/aromatic N) is 1. The molecule has 2 N–H and O–H groups in total. The van der Waals surface area contributed by atoms with E-state index in [-0.39, 0.29) is 25.2 Å². The molecular weight excluding hydrogens is 412 g/mol. The highest BCUT2D eigenvalue weighted by atomic mass is 16.5. The molecule has 1 unspecified atom stereocenters. The van der Waals surface area contributed by atoms with Crippen LogP contribution in [0.25, 0.3) is 11.1 Å². The number of hydrogen-bond acceptors (Lipinski definition) is 5. The molecule has 2 aromatic carbocycles. The summed E-state index contributed by atoms with van der Waals surface area (Å²) in [6.07, 6.45) is -0.763. The van der Waals surface area contributed by atoms with Crippen LogP contribution in [0.4, 0.5) is 4.79 Å². The van der Waals surface area contributed by atoms with Crippen molar-refractivity contribution in [3.8, 4) is 11.1 Å². The van der Waals surface area contributed by atoms with Crippen molar-refractivity contribution in [2.45, 2.75) is 31.8 Å². The van der Waals surface area contributed by atoms with Gasteiger partial charge in [0.15, 0.2) is 0 Å². The molecule has 0 heterocycles. The van der Waals surface area contributed by atoms with Gasteiger partial charge in [0, 0.05) is 19.1 Å². The van der Waals surface area contributed by atoms with Gasteiger partial charge in [-0.2, -0.15) is 0 Å². The van der Waals surface area contributed by atoms with Crippen LogP contribution in [-0.4, -0.2) is 66.9 Å². The van der Waals surface area contributed by atoms with Gasteiger partial charge in [-0.05, 0) is 36.1 Å². The maximum atomic E-state index is 12.8. The molecule has 0 saturated heterocycles. The van der Waals surface area contributed by atoms with Crippen molar-refractivity contribution < 1.29 is 29.0 Å². The van der Waals surface area contributed by atoms with Gasteiger partial charge in [0.25, 0.3) is 0 Å². The van der Waals surface area contributed by atoms with Crippen molar-refractivity contribution in [1.82, 2.24) is 10.2 Å². The molecular formula is C24H28N2O6. The highest BCUT2D eigenvalue weighted by molar-refractivity contribution is 5.88. The number of aliphatic carboxylic acids is 1. The van der Waals surface area contributed by atoms with E-state index in [9.17, 15) is 14.4 Å². The Kier molecular flexibility index (Phi) is 7.48. The maximum absolute atomic E-state index is 12.8. The first-order valence-corrected chi connectivity index (χ1v) is 10.5. The van der Waals surface area contributed by atoms with Gasteiger partial charge in [0.2, 0.25) is 5.91 Å². The normalized spacial score (nSPS) is 13.2. The Balaban J connectivity index is 1.69. The molecule has 0 saturated carbocycles. The zero-order chi connectivity index (χ0) is 23.3. The molecule has 0 fully saturated rings. The molecule has 2 aromatic rings. The van der Waals surface area contributed by atoms with E-state index in [2.05, 4.69) is 5.32 Å². The fourth-order valence-corrected chi connectivity index (χ4v) is 3.98. The van der Waals surface area contributed by atoms with Crippen LogP contribution in [-0.2, 0) is 19.1 Å². The third-order valence-corrected chi connectivity index (χ3v) is 5.48. The number of carbonyl (C=O) groups is 3. The fraction of sp³-hybridized carbons (Fsp3) is 0.375. The predicted molar refractivity (Wildman–Crippen MR) is 118 cm³/mol. The number of rotatable bonds is 9. The van der Waals surface area contributed by atoms with Crippen molar-refractivity contribution >= 4 is 18.0 Å². The monoisotopic (exact) mass is 440 g/mol. The van der Waals surface area contributed by atoms with Crippen LogP contribution in [0.2, 0.25) is 0 Å². The highest BCUT2D eigenvalue weighted by Crippen LogP contribution is 2.44. The molecule has 0 aliphatic heterocycles. The molecule has 0 radical (unpaired) electrons. The number of nitrogens with one attached hydrogen (secondary N) is 1.